The van der Waals surface area contributed by atoms with E-state index in [1.165, 1.54) is 10.4 Å². The van der Waals surface area contributed by atoms with Crippen molar-refractivity contribution >= 4 is 17.2 Å². The number of hydrogen-bond donors (Lipinski definition) is 0. The molecule has 3 aromatic rings. The van der Waals surface area contributed by atoms with E-state index in [9.17, 15) is 4.79 Å². The van der Waals surface area contributed by atoms with Crippen LogP contribution >= 0.6 is 11.3 Å². The minimum absolute atomic E-state index is 0.0183. The van der Waals surface area contributed by atoms with Gasteiger partial charge in [-0.1, -0.05) is 42.5 Å². The molecule has 4 nitrogen and oxygen atoms in total. The van der Waals surface area contributed by atoms with Crippen LogP contribution in [0.2, 0.25) is 0 Å². The van der Waals surface area contributed by atoms with Crippen LogP contribution in [0.1, 0.15) is 22.0 Å². The largest absolute Gasteiger partial charge is 0.485 e. The van der Waals surface area contributed by atoms with Gasteiger partial charge in [0, 0.05) is 11.4 Å². The van der Waals surface area contributed by atoms with Crippen molar-refractivity contribution in [2.45, 2.75) is 18.6 Å². The molecule has 0 saturated heterocycles. The number of carbonyl (C=O) groups is 1. The number of benzene rings is 2. The van der Waals surface area contributed by atoms with Crippen LogP contribution in [-0.4, -0.2) is 30.1 Å². The number of fused-ring (bicyclic) bond motifs is 2. The molecule has 0 bridgehead atoms. The van der Waals surface area contributed by atoms with Gasteiger partial charge in [0.25, 0.3) is 5.91 Å². The van der Waals surface area contributed by atoms with E-state index in [0.717, 1.165) is 12.0 Å². The Bertz CT molecular complexity index is 968. The van der Waals surface area contributed by atoms with E-state index in [4.69, 9.17) is 9.47 Å². The second kappa shape index (κ2) is 6.74. The Morgan fingerprint density at radius 2 is 1.78 bits per heavy atom. The normalized spacial score (nSPS) is 20.8. The zero-order valence-corrected chi connectivity index (χ0v) is 15.5. The molecular formula is C22H19NO3S. The van der Waals surface area contributed by atoms with Gasteiger partial charge in [0.2, 0.25) is 6.10 Å². The van der Waals surface area contributed by atoms with E-state index in [-0.39, 0.29) is 18.6 Å². The van der Waals surface area contributed by atoms with E-state index in [1.54, 1.807) is 11.3 Å². The molecule has 3 heterocycles. The Kier molecular flexibility index (Phi) is 4.09. The summed E-state index contributed by atoms with van der Waals surface area (Å²) in [6.45, 7) is 0.928. The van der Waals surface area contributed by atoms with Gasteiger partial charge in [-0.3, -0.25) is 4.79 Å². The smallest absolute Gasteiger partial charge is 0.268 e. The fourth-order valence-electron chi connectivity index (χ4n) is 3.87. The molecule has 136 valence electrons. The highest BCUT2D eigenvalue weighted by Crippen LogP contribution is 2.39. The van der Waals surface area contributed by atoms with Crippen molar-refractivity contribution in [2.24, 2.45) is 0 Å². The van der Waals surface area contributed by atoms with Crippen molar-refractivity contribution in [3.05, 3.63) is 82.0 Å². The SMILES string of the molecule is O=C(C1COc2ccccc2O1)N1CCc2sccc2C1c1ccccc1. The number of rotatable bonds is 2. The molecule has 1 amide bonds. The summed E-state index contributed by atoms with van der Waals surface area (Å²) >= 11 is 1.77. The molecular weight excluding hydrogens is 358 g/mol. The molecule has 0 N–H and O–H groups in total. The topological polar surface area (TPSA) is 38.8 Å². The van der Waals surface area contributed by atoms with Crippen LogP contribution in [0, 0.1) is 0 Å². The van der Waals surface area contributed by atoms with Crippen molar-refractivity contribution < 1.29 is 14.3 Å². The second-order valence-corrected chi connectivity index (χ2v) is 7.76. The van der Waals surface area contributed by atoms with E-state index >= 15 is 0 Å². The highest BCUT2D eigenvalue weighted by molar-refractivity contribution is 7.10. The lowest BCUT2D eigenvalue weighted by atomic mass is 9.93. The van der Waals surface area contributed by atoms with Gasteiger partial charge in [0.1, 0.15) is 6.61 Å². The van der Waals surface area contributed by atoms with Crippen molar-refractivity contribution in [3.8, 4) is 11.5 Å². The van der Waals surface area contributed by atoms with Crippen LogP contribution in [0.5, 0.6) is 11.5 Å². The summed E-state index contributed by atoms with van der Waals surface area (Å²) < 4.78 is 11.8. The first kappa shape index (κ1) is 16.4. The lowest BCUT2D eigenvalue weighted by Gasteiger charge is -2.39. The number of hydrogen-bond acceptors (Lipinski definition) is 4. The Labute approximate surface area is 162 Å². The zero-order chi connectivity index (χ0) is 18.2. The summed E-state index contributed by atoms with van der Waals surface area (Å²) in [4.78, 5) is 16.7. The first-order valence-corrected chi connectivity index (χ1v) is 9.99. The molecule has 2 aliphatic heterocycles. The van der Waals surface area contributed by atoms with E-state index < -0.39 is 6.10 Å². The van der Waals surface area contributed by atoms with Gasteiger partial charge in [0.05, 0.1) is 6.04 Å². The van der Waals surface area contributed by atoms with E-state index in [2.05, 4.69) is 23.6 Å². The number of carbonyl (C=O) groups excluding carboxylic acids is 1. The molecule has 0 aliphatic carbocycles. The van der Waals surface area contributed by atoms with Crippen molar-refractivity contribution in [1.29, 1.82) is 0 Å². The quantitative estimate of drug-likeness (QED) is 0.676. The Balaban J connectivity index is 1.47. The van der Waals surface area contributed by atoms with Gasteiger partial charge in [-0.25, -0.2) is 0 Å². The molecule has 1 aromatic heterocycles. The number of nitrogens with zero attached hydrogens (tertiary/aromatic N) is 1. The zero-order valence-electron chi connectivity index (χ0n) is 14.7. The average molecular weight is 377 g/mol. The monoisotopic (exact) mass is 377 g/mol. The highest BCUT2D eigenvalue weighted by atomic mass is 32.1. The molecule has 0 spiro atoms. The van der Waals surface area contributed by atoms with Gasteiger partial charge >= 0.3 is 0 Å². The van der Waals surface area contributed by atoms with Crippen molar-refractivity contribution in [2.75, 3.05) is 13.2 Å². The summed E-state index contributed by atoms with van der Waals surface area (Å²) in [6.07, 6.45) is 0.262. The van der Waals surface area contributed by atoms with E-state index in [1.807, 2.05) is 47.4 Å². The number of para-hydroxylation sites is 2. The van der Waals surface area contributed by atoms with Gasteiger partial charge in [-0.15, -0.1) is 11.3 Å². The minimum atomic E-state index is -0.619. The number of ether oxygens (including phenoxy) is 2. The standard InChI is InChI=1S/C22H19NO3S/c24-22(19-14-25-17-8-4-5-9-18(17)26-19)23-12-10-20-16(11-13-27-20)21(23)15-6-2-1-3-7-15/h1-9,11,13,19,21H,10,12,14H2. The Morgan fingerprint density at radius 3 is 2.63 bits per heavy atom. The van der Waals surface area contributed by atoms with Crippen LogP contribution in [-0.2, 0) is 11.2 Å². The first-order valence-electron chi connectivity index (χ1n) is 9.11. The van der Waals surface area contributed by atoms with Crippen LogP contribution < -0.4 is 9.47 Å². The molecule has 5 heteroatoms. The van der Waals surface area contributed by atoms with Crippen molar-refractivity contribution in [3.63, 3.8) is 0 Å². The summed E-state index contributed by atoms with van der Waals surface area (Å²) in [6, 6.07) is 19.8. The molecule has 2 aromatic carbocycles. The average Bonchev–Trinajstić information content (AvgIpc) is 3.21. The van der Waals surface area contributed by atoms with Crippen LogP contribution in [0.4, 0.5) is 0 Å². The van der Waals surface area contributed by atoms with Crippen LogP contribution in [0.15, 0.2) is 66.0 Å². The summed E-state index contributed by atoms with van der Waals surface area (Å²) in [5, 5.41) is 2.12. The fraction of sp³-hybridized carbons (Fsp3) is 0.227. The third-order valence-corrected chi connectivity index (χ3v) is 6.14. The Morgan fingerprint density at radius 1 is 1.00 bits per heavy atom. The first-order chi connectivity index (χ1) is 13.3. The van der Waals surface area contributed by atoms with Crippen LogP contribution in [0.3, 0.4) is 0 Å². The highest BCUT2D eigenvalue weighted by Gasteiger charge is 2.38. The maximum absolute atomic E-state index is 13.4. The maximum Gasteiger partial charge on any atom is 0.268 e. The third-order valence-electron chi connectivity index (χ3n) is 5.15. The van der Waals surface area contributed by atoms with E-state index in [0.29, 0.717) is 18.0 Å². The maximum atomic E-state index is 13.4. The van der Waals surface area contributed by atoms with Gasteiger partial charge in [-0.2, -0.15) is 0 Å². The number of amides is 1. The summed E-state index contributed by atoms with van der Waals surface area (Å²) in [5.74, 6) is 1.31. The predicted molar refractivity (Wildman–Crippen MR) is 104 cm³/mol. The Hall–Kier alpha value is -2.79. The molecule has 2 atom stereocenters. The predicted octanol–water partition coefficient (Wildman–Crippen LogP) is 4.06. The van der Waals surface area contributed by atoms with Gasteiger partial charge in [0.15, 0.2) is 11.5 Å². The lowest BCUT2D eigenvalue weighted by Crippen LogP contribution is -2.49. The fourth-order valence-corrected chi connectivity index (χ4v) is 4.78. The molecule has 0 fully saturated rings. The molecule has 2 unspecified atom stereocenters. The second-order valence-electron chi connectivity index (χ2n) is 6.76. The van der Waals surface area contributed by atoms with Crippen LogP contribution in [0.25, 0.3) is 0 Å². The lowest BCUT2D eigenvalue weighted by molar-refractivity contribution is -0.143. The van der Waals surface area contributed by atoms with Gasteiger partial charge < -0.3 is 14.4 Å². The van der Waals surface area contributed by atoms with Gasteiger partial charge in [-0.05, 0) is 41.1 Å². The molecule has 0 radical (unpaired) electrons. The minimum Gasteiger partial charge on any atom is -0.485 e. The van der Waals surface area contributed by atoms with Crippen molar-refractivity contribution in [1.82, 2.24) is 4.90 Å². The molecule has 0 saturated carbocycles. The summed E-state index contributed by atoms with van der Waals surface area (Å²) in [7, 11) is 0. The summed E-state index contributed by atoms with van der Waals surface area (Å²) in [5.41, 5.74) is 2.35. The molecule has 27 heavy (non-hydrogen) atoms. The molecule has 2 aliphatic rings. The number of thiophene rings is 1. The third kappa shape index (κ3) is 2.88. The molecule has 5 rings (SSSR count).